The number of aromatic hydroxyl groups is 2. The molecule has 0 fully saturated rings. The molecule has 5 aromatic rings. The lowest BCUT2D eigenvalue weighted by molar-refractivity contribution is 0.391. The molecule has 0 bridgehead atoms. The summed E-state index contributed by atoms with van der Waals surface area (Å²) in [5, 5.41) is 34.5. The molecular weight excluding hydrogens is 436 g/mol. The monoisotopic (exact) mass is 458 g/mol. The highest BCUT2D eigenvalue weighted by Gasteiger charge is 2.18. The van der Waals surface area contributed by atoms with Crippen LogP contribution in [0.3, 0.4) is 0 Å². The summed E-state index contributed by atoms with van der Waals surface area (Å²) < 4.78 is 6.10. The summed E-state index contributed by atoms with van der Waals surface area (Å²) in [7, 11) is 0. The smallest absolute Gasteiger partial charge is 0.128 e. The molecule has 0 spiro atoms. The fraction of sp³-hybridized carbons (Fsp3) is 0.0323. The van der Waals surface area contributed by atoms with Gasteiger partial charge in [-0.2, -0.15) is 0 Å². The van der Waals surface area contributed by atoms with Crippen LogP contribution in [-0.2, 0) is 0 Å². The zero-order valence-corrected chi connectivity index (χ0v) is 18.7. The van der Waals surface area contributed by atoms with Crippen molar-refractivity contribution in [3.8, 4) is 23.0 Å². The van der Waals surface area contributed by atoms with Gasteiger partial charge in [-0.3, -0.25) is 0 Å². The Balaban J connectivity index is 1.31. The van der Waals surface area contributed by atoms with E-state index < -0.39 is 0 Å². The molecule has 1 unspecified atom stereocenters. The Bertz CT molecular complexity index is 1660. The highest BCUT2D eigenvalue weighted by Crippen LogP contribution is 2.35. The number of fused-ring (bicyclic) bond motifs is 3. The summed E-state index contributed by atoms with van der Waals surface area (Å²) in [6, 6.07) is 28.0. The van der Waals surface area contributed by atoms with Gasteiger partial charge < -0.3 is 20.1 Å². The number of ether oxygens (including phenoxy) is 1. The third kappa shape index (κ3) is 4.06. The van der Waals surface area contributed by atoms with E-state index in [9.17, 15) is 15.3 Å². The van der Waals surface area contributed by atoms with Gasteiger partial charge in [0.05, 0.1) is 5.92 Å². The topological polar surface area (TPSA) is 69.9 Å². The zero-order valence-electron chi connectivity index (χ0n) is 18.7. The van der Waals surface area contributed by atoms with Crippen molar-refractivity contribution < 1.29 is 20.1 Å². The zero-order chi connectivity index (χ0) is 23.9. The first-order valence-corrected chi connectivity index (χ1v) is 11.4. The number of phenols is 2. The molecule has 170 valence electrons. The second-order valence-electron chi connectivity index (χ2n) is 8.78. The van der Waals surface area contributed by atoms with Crippen molar-refractivity contribution in [2.45, 2.75) is 5.92 Å². The summed E-state index contributed by atoms with van der Waals surface area (Å²) in [5.41, 5.74) is 2.78. The molecule has 3 N–H and O–H groups in total. The van der Waals surface area contributed by atoms with Crippen LogP contribution in [0.4, 0.5) is 0 Å². The molecular formula is C31H22O4. The maximum absolute atomic E-state index is 11.0. The molecule has 0 saturated heterocycles. The van der Waals surface area contributed by atoms with Gasteiger partial charge in [-0.1, -0.05) is 48.6 Å². The Morgan fingerprint density at radius 1 is 0.543 bits per heavy atom. The number of benzene rings is 5. The average Bonchev–Trinajstić information content (AvgIpc) is 3.01. The van der Waals surface area contributed by atoms with Gasteiger partial charge in [0.25, 0.3) is 0 Å². The standard InChI is InChI=1S/C31H22O4/c32-26-8-3-19-1-2-22(13-23(19)14-26)30-12-7-21-6-11-29(17-25(21)18-31(30)34)35-28-10-5-20-4-9-27(33)15-24(20)16-28/h1-18,30,32-34H. The van der Waals surface area contributed by atoms with E-state index in [2.05, 4.69) is 0 Å². The van der Waals surface area contributed by atoms with E-state index >= 15 is 0 Å². The molecule has 4 heteroatoms. The maximum atomic E-state index is 11.0. The van der Waals surface area contributed by atoms with Crippen molar-refractivity contribution in [1.82, 2.24) is 0 Å². The summed E-state index contributed by atoms with van der Waals surface area (Å²) in [6.07, 6.45) is 5.77. The first-order valence-electron chi connectivity index (χ1n) is 11.4. The van der Waals surface area contributed by atoms with E-state index in [-0.39, 0.29) is 23.2 Å². The Morgan fingerprint density at radius 2 is 1.17 bits per heavy atom. The first kappa shape index (κ1) is 20.9. The lowest BCUT2D eigenvalue weighted by Crippen LogP contribution is -1.98. The predicted octanol–water partition coefficient (Wildman–Crippen LogP) is 7.91. The minimum absolute atomic E-state index is 0.213. The molecule has 0 aromatic heterocycles. The van der Waals surface area contributed by atoms with Crippen LogP contribution in [-0.4, -0.2) is 15.3 Å². The average molecular weight is 459 g/mol. The van der Waals surface area contributed by atoms with E-state index in [0.29, 0.717) is 11.5 Å². The molecule has 35 heavy (non-hydrogen) atoms. The number of hydrogen-bond donors (Lipinski definition) is 3. The molecule has 0 saturated carbocycles. The van der Waals surface area contributed by atoms with Crippen molar-refractivity contribution in [1.29, 1.82) is 0 Å². The number of rotatable bonds is 3. The Morgan fingerprint density at radius 3 is 1.94 bits per heavy atom. The normalized spacial score (nSPS) is 15.0. The van der Waals surface area contributed by atoms with Crippen LogP contribution in [0.15, 0.2) is 103 Å². The Labute approximate surface area is 202 Å². The first-order chi connectivity index (χ1) is 17.0. The van der Waals surface area contributed by atoms with E-state index in [1.54, 1.807) is 30.3 Å². The molecule has 1 aliphatic rings. The Kier molecular flexibility index (Phi) is 4.93. The number of allylic oxidation sites excluding steroid dienone is 1. The van der Waals surface area contributed by atoms with Crippen LogP contribution in [0, 0.1) is 0 Å². The van der Waals surface area contributed by atoms with Crippen LogP contribution in [0.5, 0.6) is 23.0 Å². The molecule has 0 aliphatic heterocycles. The Hall–Kier alpha value is -4.70. The van der Waals surface area contributed by atoms with Gasteiger partial charge in [-0.15, -0.1) is 0 Å². The molecule has 1 atom stereocenters. The van der Waals surface area contributed by atoms with Gasteiger partial charge >= 0.3 is 0 Å². The SMILES string of the molecule is OC1=Cc2cc(Oc3ccc4ccc(O)cc4c3)ccc2C=CC1c1ccc2ccc(O)cc2c1. The molecule has 6 rings (SSSR count). The molecule has 0 radical (unpaired) electrons. The van der Waals surface area contributed by atoms with Crippen LogP contribution >= 0.6 is 0 Å². The van der Waals surface area contributed by atoms with Gasteiger partial charge in [0.1, 0.15) is 28.8 Å². The highest BCUT2D eigenvalue weighted by atomic mass is 16.5. The van der Waals surface area contributed by atoms with Gasteiger partial charge in [0.2, 0.25) is 0 Å². The van der Waals surface area contributed by atoms with Crippen LogP contribution in [0.2, 0.25) is 0 Å². The molecule has 5 aromatic carbocycles. The van der Waals surface area contributed by atoms with E-state index in [0.717, 1.165) is 38.2 Å². The maximum Gasteiger partial charge on any atom is 0.128 e. The molecule has 1 aliphatic carbocycles. The quantitative estimate of drug-likeness (QED) is 0.257. The minimum Gasteiger partial charge on any atom is -0.511 e. The fourth-order valence-corrected chi connectivity index (χ4v) is 4.58. The van der Waals surface area contributed by atoms with Crippen molar-refractivity contribution in [2.75, 3.05) is 0 Å². The van der Waals surface area contributed by atoms with Crippen LogP contribution < -0.4 is 4.74 Å². The van der Waals surface area contributed by atoms with E-state index in [1.807, 2.05) is 78.9 Å². The van der Waals surface area contributed by atoms with Crippen molar-refractivity contribution in [3.05, 3.63) is 120 Å². The minimum atomic E-state index is -0.299. The number of phenolic OH excluding ortho intramolecular Hbond substituents is 2. The van der Waals surface area contributed by atoms with Gasteiger partial charge in [-0.25, -0.2) is 0 Å². The van der Waals surface area contributed by atoms with Gasteiger partial charge in [0.15, 0.2) is 0 Å². The van der Waals surface area contributed by atoms with Crippen LogP contribution in [0.25, 0.3) is 33.7 Å². The second-order valence-corrected chi connectivity index (χ2v) is 8.78. The second kappa shape index (κ2) is 8.26. The summed E-state index contributed by atoms with van der Waals surface area (Å²) >= 11 is 0. The largest absolute Gasteiger partial charge is 0.511 e. The van der Waals surface area contributed by atoms with Crippen molar-refractivity contribution in [3.63, 3.8) is 0 Å². The van der Waals surface area contributed by atoms with E-state index in [4.69, 9.17) is 4.74 Å². The molecule has 4 nitrogen and oxygen atoms in total. The summed E-state index contributed by atoms with van der Waals surface area (Å²) in [4.78, 5) is 0. The number of aliphatic hydroxyl groups excluding tert-OH is 1. The van der Waals surface area contributed by atoms with Gasteiger partial charge in [-0.05, 0) is 98.9 Å². The fourth-order valence-electron chi connectivity index (χ4n) is 4.58. The molecule has 0 heterocycles. The number of aliphatic hydroxyl groups is 1. The van der Waals surface area contributed by atoms with Gasteiger partial charge in [0, 0.05) is 0 Å². The van der Waals surface area contributed by atoms with Crippen molar-refractivity contribution >= 4 is 33.7 Å². The van der Waals surface area contributed by atoms with Crippen molar-refractivity contribution in [2.24, 2.45) is 0 Å². The third-order valence-corrected chi connectivity index (χ3v) is 6.39. The lowest BCUT2D eigenvalue weighted by atomic mass is 9.94. The molecule has 0 amide bonds. The summed E-state index contributed by atoms with van der Waals surface area (Å²) in [5.74, 6) is 1.68. The highest BCUT2D eigenvalue weighted by molar-refractivity contribution is 5.86. The van der Waals surface area contributed by atoms with E-state index in [1.165, 1.54) is 0 Å². The number of hydrogen-bond acceptors (Lipinski definition) is 4. The third-order valence-electron chi connectivity index (χ3n) is 6.39. The van der Waals surface area contributed by atoms with Crippen LogP contribution in [0.1, 0.15) is 22.6 Å². The predicted molar refractivity (Wildman–Crippen MR) is 140 cm³/mol. The summed E-state index contributed by atoms with van der Waals surface area (Å²) in [6.45, 7) is 0. The lowest BCUT2D eigenvalue weighted by Gasteiger charge is -2.13.